The first-order valence-corrected chi connectivity index (χ1v) is 9.71. The van der Waals surface area contributed by atoms with Crippen molar-refractivity contribution in [1.29, 1.82) is 0 Å². The molecule has 0 radical (unpaired) electrons. The second kappa shape index (κ2) is 6.28. The molecule has 0 aromatic heterocycles. The number of hydrogen-bond acceptors (Lipinski definition) is 4. The number of fused-ring (bicyclic) bond motifs is 1. The molecule has 24 heavy (non-hydrogen) atoms. The molecular weight excluding hydrogens is 324 g/mol. The first-order chi connectivity index (χ1) is 11.3. The first kappa shape index (κ1) is 16.5. The highest BCUT2D eigenvalue weighted by atomic mass is 32.2. The van der Waals surface area contributed by atoms with Gasteiger partial charge in [0.1, 0.15) is 0 Å². The summed E-state index contributed by atoms with van der Waals surface area (Å²) in [5.41, 5.74) is 3.90. The summed E-state index contributed by atoms with van der Waals surface area (Å²) >= 11 is 0. The molecule has 2 N–H and O–H groups in total. The van der Waals surface area contributed by atoms with Gasteiger partial charge in [-0.1, -0.05) is 18.2 Å². The Kier molecular flexibility index (Phi) is 4.32. The van der Waals surface area contributed by atoms with Gasteiger partial charge in [-0.05, 0) is 48.7 Å². The minimum Gasteiger partial charge on any atom is -0.378 e. The smallest absolute Gasteiger partial charge is 0.224 e. The van der Waals surface area contributed by atoms with Crippen LogP contribution in [-0.2, 0) is 21.1 Å². The van der Waals surface area contributed by atoms with Crippen molar-refractivity contribution in [1.82, 2.24) is 0 Å². The average Bonchev–Trinajstić information content (AvgIpc) is 2.53. The molecule has 1 heterocycles. The number of benzene rings is 2. The Morgan fingerprint density at radius 1 is 1.08 bits per heavy atom. The maximum absolute atomic E-state index is 11.5. The van der Waals surface area contributed by atoms with Gasteiger partial charge in [0.2, 0.25) is 5.91 Å². The molecule has 0 fully saturated rings. The van der Waals surface area contributed by atoms with Crippen molar-refractivity contribution in [3.63, 3.8) is 0 Å². The van der Waals surface area contributed by atoms with Crippen molar-refractivity contribution in [2.24, 2.45) is 0 Å². The van der Waals surface area contributed by atoms with Crippen LogP contribution in [0, 0.1) is 0 Å². The van der Waals surface area contributed by atoms with Gasteiger partial charge in [0.05, 0.1) is 4.90 Å². The first-order valence-electron chi connectivity index (χ1n) is 7.82. The third kappa shape index (κ3) is 3.59. The minimum absolute atomic E-state index is 0.0101. The second-order valence-corrected chi connectivity index (χ2v) is 8.14. The van der Waals surface area contributed by atoms with Crippen molar-refractivity contribution in [3.05, 3.63) is 53.6 Å². The van der Waals surface area contributed by atoms with E-state index in [1.54, 1.807) is 12.1 Å². The third-order valence-corrected chi connectivity index (χ3v) is 5.33. The highest BCUT2D eigenvalue weighted by Crippen LogP contribution is 2.28. The van der Waals surface area contributed by atoms with Gasteiger partial charge in [0, 0.05) is 30.1 Å². The Morgan fingerprint density at radius 2 is 1.79 bits per heavy atom. The number of nitrogens with one attached hydrogen (secondary N) is 2. The van der Waals surface area contributed by atoms with Gasteiger partial charge in [-0.15, -0.1) is 0 Å². The molecule has 0 aliphatic carbocycles. The fourth-order valence-corrected chi connectivity index (χ4v) is 3.43. The Hall–Kier alpha value is -2.34. The van der Waals surface area contributed by atoms with Gasteiger partial charge in [0.25, 0.3) is 0 Å². The summed E-state index contributed by atoms with van der Waals surface area (Å²) in [5, 5.41) is 6.27. The summed E-state index contributed by atoms with van der Waals surface area (Å²) in [5.74, 6) is 0.0454. The zero-order chi connectivity index (χ0) is 17.3. The van der Waals surface area contributed by atoms with E-state index in [1.165, 1.54) is 6.26 Å². The molecule has 1 amide bonds. The maximum atomic E-state index is 11.5. The largest absolute Gasteiger partial charge is 0.378 e. The zero-order valence-electron chi connectivity index (χ0n) is 13.7. The van der Waals surface area contributed by atoms with E-state index >= 15 is 0 Å². The summed E-state index contributed by atoms with van der Waals surface area (Å²) in [6, 6.07) is 12.8. The van der Waals surface area contributed by atoms with E-state index in [4.69, 9.17) is 0 Å². The average molecular weight is 344 g/mol. The van der Waals surface area contributed by atoms with Crippen LogP contribution < -0.4 is 10.6 Å². The molecule has 5 nitrogen and oxygen atoms in total. The quantitative estimate of drug-likeness (QED) is 0.893. The summed E-state index contributed by atoms with van der Waals surface area (Å²) in [6.07, 6.45) is 2.50. The van der Waals surface area contributed by atoms with Crippen LogP contribution in [0.3, 0.4) is 0 Å². The maximum Gasteiger partial charge on any atom is 0.224 e. The van der Waals surface area contributed by atoms with Crippen molar-refractivity contribution in [2.45, 2.75) is 30.7 Å². The fourth-order valence-electron chi connectivity index (χ4n) is 2.80. The Morgan fingerprint density at radius 3 is 2.46 bits per heavy atom. The summed E-state index contributed by atoms with van der Waals surface area (Å²) in [4.78, 5) is 11.8. The van der Waals surface area contributed by atoms with Crippen LogP contribution in [0.5, 0.6) is 0 Å². The fraction of sp³-hybridized carbons (Fsp3) is 0.278. The van der Waals surface area contributed by atoms with E-state index in [9.17, 15) is 13.2 Å². The molecule has 1 atom stereocenters. The molecule has 126 valence electrons. The van der Waals surface area contributed by atoms with Gasteiger partial charge in [-0.25, -0.2) is 8.42 Å². The third-order valence-electron chi connectivity index (χ3n) is 4.20. The van der Waals surface area contributed by atoms with E-state index in [1.807, 2.05) is 37.3 Å². The number of rotatable bonds is 4. The lowest BCUT2D eigenvalue weighted by atomic mass is 10.0. The molecule has 1 aliphatic rings. The molecule has 0 saturated carbocycles. The second-order valence-electron chi connectivity index (χ2n) is 6.13. The SMILES string of the molecule is C[C@H](Nc1ccc2c(c1)NC(=O)CC2)c1ccc(S(C)(=O)=O)cc1. The van der Waals surface area contributed by atoms with Crippen LogP contribution in [-0.4, -0.2) is 20.6 Å². The van der Waals surface area contributed by atoms with Crippen LogP contribution in [0.2, 0.25) is 0 Å². The Bertz CT molecular complexity index is 874. The number of carbonyl (C=O) groups excluding carboxylic acids is 1. The van der Waals surface area contributed by atoms with E-state index in [0.29, 0.717) is 11.3 Å². The van der Waals surface area contributed by atoms with Gasteiger partial charge < -0.3 is 10.6 Å². The number of carbonyl (C=O) groups is 1. The predicted octanol–water partition coefficient (Wildman–Crippen LogP) is 3.15. The van der Waals surface area contributed by atoms with Crippen LogP contribution in [0.4, 0.5) is 11.4 Å². The van der Waals surface area contributed by atoms with Crippen molar-refractivity contribution >= 4 is 27.1 Å². The lowest BCUT2D eigenvalue weighted by molar-refractivity contribution is -0.116. The molecule has 0 bridgehead atoms. The monoisotopic (exact) mass is 344 g/mol. The highest BCUT2D eigenvalue weighted by molar-refractivity contribution is 7.90. The molecule has 2 aromatic rings. The number of sulfone groups is 1. The van der Waals surface area contributed by atoms with E-state index < -0.39 is 9.84 Å². The van der Waals surface area contributed by atoms with E-state index in [-0.39, 0.29) is 11.9 Å². The highest BCUT2D eigenvalue weighted by Gasteiger charge is 2.15. The molecule has 2 aromatic carbocycles. The van der Waals surface area contributed by atoms with Crippen LogP contribution in [0.15, 0.2) is 47.4 Å². The molecule has 0 saturated heterocycles. The normalized spacial score (nSPS) is 15.3. The van der Waals surface area contributed by atoms with E-state index in [2.05, 4.69) is 10.6 Å². The van der Waals surface area contributed by atoms with Crippen molar-refractivity contribution in [3.8, 4) is 0 Å². The number of anilines is 2. The number of amides is 1. The standard InChI is InChI=1S/C18H20N2O3S/c1-12(13-4-8-16(9-5-13)24(2,22)23)19-15-7-3-14-6-10-18(21)20-17(14)11-15/h3-5,7-9,11-12,19H,6,10H2,1-2H3,(H,20,21)/t12-/m0/s1. The molecule has 6 heteroatoms. The van der Waals surface area contributed by atoms with Gasteiger partial charge in [-0.3, -0.25) is 4.79 Å². The van der Waals surface area contributed by atoms with Crippen LogP contribution >= 0.6 is 0 Å². The molecule has 0 spiro atoms. The van der Waals surface area contributed by atoms with Gasteiger partial charge >= 0.3 is 0 Å². The van der Waals surface area contributed by atoms with Crippen molar-refractivity contribution < 1.29 is 13.2 Å². The van der Waals surface area contributed by atoms with E-state index in [0.717, 1.165) is 28.9 Å². The topological polar surface area (TPSA) is 75.3 Å². The molecule has 1 aliphatic heterocycles. The summed E-state index contributed by atoms with van der Waals surface area (Å²) in [7, 11) is -3.18. The van der Waals surface area contributed by atoms with Gasteiger partial charge in [-0.2, -0.15) is 0 Å². The number of hydrogen-bond donors (Lipinski definition) is 2. The molecular formula is C18H20N2O3S. The summed E-state index contributed by atoms with van der Waals surface area (Å²) in [6.45, 7) is 2.01. The van der Waals surface area contributed by atoms with Crippen molar-refractivity contribution in [2.75, 3.05) is 16.9 Å². The Balaban J connectivity index is 1.76. The zero-order valence-corrected chi connectivity index (χ0v) is 14.5. The molecule has 3 rings (SSSR count). The lowest BCUT2D eigenvalue weighted by Gasteiger charge is -2.20. The lowest BCUT2D eigenvalue weighted by Crippen LogP contribution is -2.19. The molecule has 0 unspecified atom stereocenters. The summed E-state index contributed by atoms with van der Waals surface area (Å²) < 4.78 is 23.0. The van der Waals surface area contributed by atoms with Crippen LogP contribution in [0.1, 0.15) is 30.5 Å². The Labute approximate surface area is 142 Å². The van der Waals surface area contributed by atoms with Crippen LogP contribution in [0.25, 0.3) is 0 Å². The minimum atomic E-state index is -3.18. The number of aryl methyl sites for hydroxylation is 1. The van der Waals surface area contributed by atoms with Gasteiger partial charge in [0.15, 0.2) is 9.84 Å². The predicted molar refractivity (Wildman–Crippen MR) is 95.0 cm³/mol.